The molecule has 3 N–H and O–H groups in total. The monoisotopic (exact) mass is 228 g/mol. The molecule has 2 saturated carbocycles. The van der Waals surface area contributed by atoms with E-state index in [0.717, 1.165) is 0 Å². The van der Waals surface area contributed by atoms with Gasteiger partial charge in [0, 0.05) is 0 Å². The first kappa shape index (κ1) is 10.9. The Morgan fingerprint density at radius 3 is 1.81 bits per heavy atom. The molecule has 6 nitrogen and oxygen atoms in total. The molecule has 2 fully saturated rings. The van der Waals surface area contributed by atoms with Crippen LogP contribution in [0, 0.1) is 16.7 Å². The van der Waals surface area contributed by atoms with Gasteiger partial charge < -0.3 is 15.3 Å². The second-order valence-corrected chi connectivity index (χ2v) is 4.72. The quantitative estimate of drug-likeness (QED) is 0.603. The highest BCUT2D eigenvalue weighted by Gasteiger charge is 2.73. The van der Waals surface area contributed by atoms with E-state index in [0.29, 0.717) is 6.42 Å². The molecule has 0 aromatic rings. The molecule has 2 atom stereocenters. The second kappa shape index (κ2) is 2.96. The molecule has 2 aliphatic rings. The first-order chi connectivity index (χ1) is 7.37. The van der Waals surface area contributed by atoms with Crippen LogP contribution < -0.4 is 0 Å². The average molecular weight is 228 g/mol. The van der Waals surface area contributed by atoms with Gasteiger partial charge in [-0.1, -0.05) is 0 Å². The summed E-state index contributed by atoms with van der Waals surface area (Å²) in [5.74, 6) is -4.44. The van der Waals surface area contributed by atoms with Crippen LogP contribution in [-0.2, 0) is 14.4 Å². The number of aliphatic carboxylic acids is 3. The van der Waals surface area contributed by atoms with Gasteiger partial charge in [0.15, 0.2) is 5.41 Å². The average Bonchev–Trinajstić information content (AvgIpc) is 2.73. The molecule has 0 aliphatic heterocycles. The number of hydrogen-bond acceptors (Lipinski definition) is 3. The molecule has 2 bridgehead atoms. The highest BCUT2D eigenvalue weighted by molar-refractivity contribution is 6.05. The Labute approximate surface area is 90.9 Å². The fourth-order valence-electron chi connectivity index (χ4n) is 3.39. The molecule has 88 valence electrons. The van der Waals surface area contributed by atoms with Gasteiger partial charge in [-0.3, -0.25) is 14.4 Å². The number of fused-ring (bicyclic) bond motifs is 2. The number of rotatable bonds is 3. The maximum atomic E-state index is 11.3. The van der Waals surface area contributed by atoms with Crippen LogP contribution in [0.15, 0.2) is 0 Å². The normalized spacial score (nSPS) is 34.9. The smallest absolute Gasteiger partial charge is 0.322 e. The van der Waals surface area contributed by atoms with Crippen molar-refractivity contribution in [3.63, 3.8) is 0 Å². The predicted octanol–water partition coefficient (Wildman–Crippen LogP) is 0.417. The van der Waals surface area contributed by atoms with E-state index in [-0.39, 0.29) is 25.2 Å². The van der Waals surface area contributed by atoms with Crippen molar-refractivity contribution in [2.24, 2.45) is 16.7 Å². The summed E-state index contributed by atoms with van der Waals surface area (Å²) in [4.78, 5) is 33.7. The fraction of sp³-hybridized carbons (Fsp3) is 0.700. The van der Waals surface area contributed by atoms with Gasteiger partial charge in [0.05, 0.1) is 5.41 Å². The zero-order chi connectivity index (χ0) is 12.1. The van der Waals surface area contributed by atoms with Crippen molar-refractivity contribution in [1.29, 1.82) is 0 Å². The van der Waals surface area contributed by atoms with E-state index < -0.39 is 28.7 Å². The Morgan fingerprint density at radius 2 is 1.50 bits per heavy atom. The van der Waals surface area contributed by atoms with Crippen LogP contribution in [0.4, 0.5) is 0 Å². The van der Waals surface area contributed by atoms with Gasteiger partial charge in [-0.2, -0.15) is 0 Å². The number of carboxylic acid groups (broad SMARTS) is 3. The van der Waals surface area contributed by atoms with Gasteiger partial charge in [0.2, 0.25) is 0 Å². The van der Waals surface area contributed by atoms with E-state index in [1.54, 1.807) is 0 Å². The Bertz CT molecular complexity index is 373. The van der Waals surface area contributed by atoms with Crippen molar-refractivity contribution in [2.45, 2.75) is 25.7 Å². The van der Waals surface area contributed by atoms with Crippen molar-refractivity contribution in [2.75, 3.05) is 0 Å². The molecule has 0 heterocycles. The largest absolute Gasteiger partial charge is 0.481 e. The lowest BCUT2D eigenvalue weighted by Gasteiger charge is -2.36. The standard InChI is InChI=1S/C10H12O6/c11-6(12)9-2-1-5(3-9)4-10(9,7(13)14)8(15)16/h5H,1-4H2,(H,11,12)(H,13,14)(H,15,16). The first-order valence-electron chi connectivity index (χ1n) is 5.07. The molecule has 0 aromatic heterocycles. The summed E-state index contributed by atoms with van der Waals surface area (Å²) in [7, 11) is 0. The van der Waals surface area contributed by atoms with Gasteiger partial charge in [-0.25, -0.2) is 0 Å². The molecular weight excluding hydrogens is 216 g/mol. The summed E-state index contributed by atoms with van der Waals surface area (Å²) in [6, 6.07) is 0. The van der Waals surface area contributed by atoms with Crippen molar-refractivity contribution < 1.29 is 29.7 Å². The zero-order valence-electron chi connectivity index (χ0n) is 8.47. The number of carbonyl (C=O) groups is 3. The third kappa shape index (κ3) is 0.942. The van der Waals surface area contributed by atoms with Crippen LogP contribution in [0.1, 0.15) is 25.7 Å². The van der Waals surface area contributed by atoms with Crippen LogP contribution in [-0.4, -0.2) is 33.2 Å². The number of hydrogen-bond donors (Lipinski definition) is 3. The fourth-order valence-corrected chi connectivity index (χ4v) is 3.39. The minimum absolute atomic E-state index is 0.0655. The topological polar surface area (TPSA) is 112 Å². The highest BCUT2D eigenvalue weighted by Crippen LogP contribution is 2.64. The molecule has 0 saturated heterocycles. The Morgan fingerprint density at radius 1 is 0.938 bits per heavy atom. The van der Waals surface area contributed by atoms with Crippen molar-refractivity contribution >= 4 is 17.9 Å². The predicted molar refractivity (Wildman–Crippen MR) is 49.7 cm³/mol. The summed E-state index contributed by atoms with van der Waals surface area (Å²) in [5, 5.41) is 27.4. The maximum Gasteiger partial charge on any atom is 0.322 e. The van der Waals surface area contributed by atoms with Gasteiger partial charge in [0.1, 0.15) is 0 Å². The highest BCUT2D eigenvalue weighted by atomic mass is 16.4. The Kier molecular flexibility index (Phi) is 2.02. The lowest BCUT2D eigenvalue weighted by Crippen LogP contribution is -2.54. The lowest BCUT2D eigenvalue weighted by atomic mass is 9.62. The lowest BCUT2D eigenvalue weighted by molar-refractivity contribution is -0.184. The zero-order valence-corrected chi connectivity index (χ0v) is 8.47. The van der Waals surface area contributed by atoms with Crippen LogP contribution in [0.3, 0.4) is 0 Å². The van der Waals surface area contributed by atoms with Crippen molar-refractivity contribution in [1.82, 2.24) is 0 Å². The number of carboxylic acids is 3. The third-order valence-corrected chi connectivity index (χ3v) is 4.17. The van der Waals surface area contributed by atoms with Crippen LogP contribution in [0.25, 0.3) is 0 Å². The minimum atomic E-state index is -2.14. The molecule has 2 rings (SSSR count). The van der Waals surface area contributed by atoms with Crippen molar-refractivity contribution in [3.8, 4) is 0 Å². The van der Waals surface area contributed by atoms with E-state index in [2.05, 4.69) is 0 Å². The summed E-state index contributed by atoms with van der Waals surface area (Å²) >= 11 is 0. The molecule has 0 aromatic carbocycles. The summed E-state index contributed by atoms with van der Waals surface area (Å²) < 4.78 is 0. The van der Waals surface area contributed by atoms with Gasteiger partial charge in [-0.15, -0.1) is 0 Å². The first-order valence-corrected chi connectivity index (χ1v) is 5.07. The molecule has 2 unspecified atom stereocenters. The van der Waals surface area contributed by atoms with Crippen LogP contribution in [0.2, 0.25) is 0 Å². The Balaban J connectivity index is 2.59. The summed E-state index contributed by atoms with van der Waals surface area (Å²) in [6.07, 6.45) is 0.852. The molecule has 2 aliphatic carbocycles. The third-order valence-electron chi connectivity index (χ3n) is 4.17. The van der Waals surface area contributed by atoms with Gasteiger partial charge >= 0.3 is 17.9 Å². The molecule has 16 heavy (non-hydrogen) atoms. The second-order valence-electron chi connectivity index (χ2n) is 4.72. The molecule has 6 heteroatoms. The van der Waals surface area contributed by atoms with Gasteiger partial charge in [0.25, 0.3) is 0 Å². The van der Waals surface area contributed by atoms with E-state index >= 15 is 0 Å². The van der Waals surface area contributed by atoms with Crippen LogP contribution >= 0.6 is 0 Å². The minimum Gasteiger partial charge on any atom is -0.481 e. The SMILES string of the molecule is O=C(O)C12CCC(C1)CC2(C(=O)O)C(=O)O. The van der Waals surface area contributed by atoms with E-state index in [1.165, 1.54) is 0 Å². The molecule has 0 spiro atoms. The van der Waals surface area contributed by atoms with Crippen LogP contribution in [0.5, 0.6) is 0 Å². The van der Waals surface area contributed by atoms with E-state index in [1.807, 2.05) is 0 Å². The van der Waals surface area contributed by atoms with E-state index in [4.69, 9.17) is 10.2 Å². The molecule has 0 radical (unpaired) electrons. The maximum absolute atomic E-state index is 11.3. The van der Waals surface area contributed by atoms with Gasteiger partial charge in [-0.05, 0) is 31.6 Å². The van der Waals surface area contributed by atoms with E-state index in [9.17, 15) is 19.5 Å². The van der Waals surface area contributed by atoms with Crippen molar-refractivity contribution in [3.05, 3.63) is 0 Å². The summed E-state index contributed by atoms with van der Waals surface area (Å²) in [6.45, 7) is 0. The molecular formula is C10H12O6. The Hall–Kier alpha value is -1.59. The molecule has 0 amide bonds. The summed E-state index contributed by atoms with van der Waals surface area (Å²) in [5.41, 5.74) is -3.75.